The topological polar surface area (TPSA) is 63.8 Å². The zero-order valence-electron chi connectivity index (χ0n) is 10.1. The van der Waals surface area contributed by atoms with Crippen LogP contribution in [0.4, 0.5) is 11.5 Å². The summed E-state index contributed by atoms with van der Waals surface area (Å²) in [6.45, 7) is 2.11. The summed E-state index contributed by atoms with van der Waals surface area (Å²) in [5, 5.41) is 11.0. The van der Waals surface area contributed by atoms with Crippen LogP contribution in [-0.4, -0.2) is 15.2 Å². The van der Waals surface area contributed by atoms with E-state index in [1.54, 1.807) is 12.3 Å². The van der Waals surface area contributed by atoms with Crippen molar-refractivity contribution in [3.8, 4) is 0 Å². The monoisotopic (exact) mass is 258 g/mol. The zero-order chi connectivity index (χ0) is 13.0. The highest BCUT2D eigenvalue weighted by Crippen LogP contribution is 2.18. The van der Waals surface area contributed by atoms with Gasteiger partial charge in [-0.3, -0.25) is 0 Å². The number of aromatic nitrogens is 2. The number of hydrogen-bond acceptors (Lipinski definition) is 4. The molecule has 0 fully saturated rings. The second kappa shape index (κ2) is 5.55. The Morgan fingerprint density at radius 2 is 2.22 bits per heavy atom. The predicted molar refractivity (Wildman–Crippen MR) is 77.0 cm³/mol. The third kappa shape index (κ3) is 2.81. The molecule has 3 N–H and O–H groups in total. The van der Waals surface area contributed by atoms with E-state index in [9.17, 15) is 0 Å². The first kappa shape index (κ1) is 12.4. The standard InChI is InChI=1S/C13H14N4S/c1-2-9-4-3-5-10(8-9)16-13-11(12(14)18)6-7-15-17-13/h3-8H,2H2,1H3,(H2,14,18)(H,16,17). The second-order valence-corrected chi connectivity index (χ2v) is 4.28. The van der Waals surface area contributed by atoms with E-state index < -0.39 is 0 Å². The lowest BCUT2D eigenvalue weighted by molar-refractivity contribution is 1.03. The van der Waals surface area contributed by atoms with Gasteiger partial charge in [-0.15, -0.1) is 5.10 Å². The summed E-state index contributed by atoms with van der Waals surface area (Å²) < 4.78 is 0. The molecule has 0 amide bonds. The summed E-state index contributed by atoms with van der Waals surface area (Å²) in [4.78, 5) is 0.305. The molecule has 2 rings (SSSR count). The normalized spacial score (nSPS) is 10.1. The van der Waals surface area contributed by atoms with Gasteiger partial charge in [0.1, 0.15) is 4.99 Å². The minimum atomic E-state index is 0.305. The quantitative estimate of drug-likeness (QED) is 0.825. The number of rotatable bonds is 4. The van der Waals surface area contributed by atoms with E-state index in [1.807, 2.05) is 12.1 Å². The first-order valence-electron chi connectivity index (χ1n) is 5.68. The summed E-state index contributed by atoms with van der Waals surface area (Å²) in [6.07, 6.45) is 2.56. The molecule has 0 aliphatic heterocycles. The molecule has 1 heterocycles. The Labute approximate surface area is 111 Å². The van der Waals surface area contributed by atoms with Gasteiger partial charge in [0.05, 0.1) is 11.8 Å². The summed E-state index contributed by atoms with van der Waals surface area (Å²) >= 11 is 4.98. The Morgan fingerprint density at radius 3 is 2.94 bits per heavy atom. The lowest BCUT2D eigenvalue weighted by atomic mass is 10.1. The average molecular weight is 258 g/mol. The molecule has 5 heteroatoms. The molecule has 0 radical (unpaired) electrons. The number of hydrogen-bond donors (Lipinski definition) is 2. The van der Waals surface area contributed by atoms with Crippen LogP contribution >= 0.6 is 12.2 Å². The van der Waals surface area contributed by atoms with Crippen LogP contribution < -0.4 is 11.1 Å². The van der Waals surface area contributed by atoms with Gasteiger partial charge in [0.25, 0.3) is 0 Å². The highest BCUT2D eigenvalue weighted by Gasteiger charge is 2.07. The molecular formula is C13H14N4S. The molecule has 0 aliphatic carbocycles. The molecule has 1 aromatic carbocycles. The van der Waals surface area contributed by atoms with E-state index >= 15 is 0 Å². The molecule has 1 aromatic heterocycles. The largest absolute Gasteiger partial charge is 0.389 e. The molecule has 4 nitrogen and oxygen atoms in total. The van der Waals surface area contributed by atoms with Crippen LogP contribution in [0.5, 0.6) is 0 Å². The van der Waals surface area contributed by atoms with Gasteiger partial charge in [-0.05, 0) is 30.2 Å². The van der Waals surface area contributed by atoms with E-state index in [4.69, 9.17) is 18.0 Å². The maximum Gasteiger partial charge on any atom is 0.163 e. The van der Waals surface area contributed by atoms with Gasteiger partial charge in [0.2, 0.25) is 0 Å². The highest BCUT2D eigenvalue weighted by molar-refractivity contribution is 7.80. The minimum Gasteiger partial charge on any atom is -0.389 e. The van der Waals surface area contributed by atoms with E-state index in [0.29, 0.717) is 16.4 Å². The molecule has 0 spiro atoms. The molecular weight excluding hydrogens is 244 g/mol. The second-order valence-electron chi connectivity index (χ2n) is 3.84. The fraction of sp³-hybridized carbons (Fsp3) is 0.154. The number of aryl methyl sites for hydroxylation is 1. The van der Waals surface area contributed by atoms with Gasteiger partial charge in [-0.25, -0.2) is 0 Å². The molecule has 18 heavy (non-hydrogen) atoms. The highest BCUT2D eigenvalue weighted by atomic mass is 32.1. The number of anilines is 2. The van der Waals surface area contributed by atoms with Crippen molar-refractivity contribution >= 4 is 28.7 Å². The van der Waals surface area contributed by atoms with Crippen LogP contribution in [0, 0.1) is 0 Å². The lowest BCUT2D eigenvalue weighted by Crippen LogP contribution is -2.13. The number of nitrogens with zero attached hydrogens (tertiary/aromatic N) is 2. The van der Waals surface area contributed by atoms with Gasteiger partial charge >= 0.3 is 0 Å². The molecule has 0 aliphatic rings. The van der Waals surface area contributed by atoms with Crippen LogP contribution in [0.15, 0.2) is 36.5 Å². The molecule has 2 aromatic rings. The van der Waals surface area contributed by atoms with E-state index in [0.717, 1.165) is 12.1 Å². The Morgan fingerprint density at radius 1 is 1.39 bits per heavy atom. The summed E-state index contributed by atoms with van der Waals surface area (Å²) in [6, 6.07) is 9.87. The third-order valence-electron chi connectivity index (χ3n) is 2.58. The smallest absolute Gasteiger partial charge is 0.163 e. The van der Waals surface area contributed by atoms with Crippen molar-refractivity contribution in [2.75, 3.05) is 5.32 Å². The molecule has 92 valence electrons. The van der Waals surface area contributed by atoms with Crippen molar-refractivity contribution in [3.05, 3.63) is 47.7 Å². The van der Waals surface area contributed by atoms with E-state index in [-0.39, 0.29) is 0 Å². The molecule has 0 saturated heterocycles. The first-order valence-corrected chi connectivity index (χ1v) is 6.09. The molecule has 0 atom stereocenters. The van der Waals surface area contributed by atoms with Gasteiger partial charge in [-0.2, -0.15) is 5.10 Å². The summed E-state index contributed by atoms with van der Waals surface area (Å²) in [5.74, 6) is 0.582. The minimum absolute atomic E-state index is 0.305. The first-order chi connectivity index (χ1) is 8.70. The number of benzene rings is 1. The number of nitrogens with one attached hydrogen (secondary N) is 1. The molecule has 0 saturated carbocycles. The van der Waals surface area contributed by atoms with Crippen molar-refractivity contribution in [1.82, 2.24) is 10.2 Å². The van der Waals surface area contributed by atoms with E-state index in [1.165, 1.54) is 5.56 Å². The van der Waals surface area contributed by atoms with Crippen molar-refractivity contribution in [1.29, 1.82) is 0 Å². The lowest BCUT2D eigenvalue weighted by Gasteiger charge is -2.09. The van der Waals surface area contributed by atoms with Gasteiger partial charge in [-0.1, -0.05) is 31.3 Å². The maximum atomic E-state index is 5.65. The van der Waals surface area contributed by atoms with E-state index in [2.05, 4.69) is 34.6 Å². The predicted octanol–water partition coefficient (Wildman–Crippen LogP) is 2.42. The summed E-state index contributed by atoms with van der Waals surface area (Å²) in [7, 11) is 0. The van der Waals surface area contributed by atoms with Crippen molar-refractivity contribution in [3.63, 3.8) is 0 Å². The Kier molecular flexibility index (Phi) is 3.84. The van der Waals surface area contributed by atoms with Gasteiger partial charge in [0, 0.05) is 5.69 Å². The van der Waals surface area contributed by atoms with Crippen LogP contribution in [0.25, 0.3) is 0 Å². The molecule has 0 bridgehead atoms. The maximum absolute atomic E-state index is 5.65. The van der Waals surface area contributed by atoms with Crippen molar-refractivity contribution < 1.29 is 0 Å². The summed E-state index contributed by atoms with van der Waals surface area (Å²) in [5.41, 5.74) is 8.55. The Hall–Kier alpha value is -2.01. The van der Waals surface area contributed by atoms with Crippen LogP contribution in [-0.2, 0) is 6.42 Å². The molecule has 0 unspecified atom stereocenters. The third-order valence-corrected chi connectivity index (χ3v) is 2.80. The number of thiocarbonyl (C=S) groups is 1. The zero-order valence-corrected chi connectivity index (χ0v) is 10.9. The number of nitrogens with two attached hydrogens (primary N) is 1. The van der Waals surface area contributed by atoms with Crippen molar-refractivity contribution in [2.24, 2.45) is 5.73 Å². The van der Waals surface area contributed by atoms with Crippen LogP contribution in [0.2, 0.25) is 0 Å². The Balaban J connectivity index is 2.31. The Bertz CT molecular complexity index is 568. The van der Waals surface area contributed by atoms with Crippen LogP contribution in [0.3, 0.4) is 0 Å². The SMILES string of the molecule is CCc1cccc(Nc2nnccc2C(N)=S)c1. The fourth-order valence-electron chi connectivity index (χ4n) is 1.63. The average Bonchev–Trinajstić information content (AvgIpc) is 2.39. The fourth-order valence-corrected chi connectivity index (χ4v) is 1.79. The van der Waals surface area contributed by atoms with Gasteiger partial charge < -0.3 is 11.1 Å². The van der Waals surface area contributed by atoms with Crippen LogP contribution in [0.1, 0.15) is 18.1 Å². The van der Waals surface area contributed by atoms with Gasteiger partial charge in [0.15, 0.2) is 5.82 Å². The van der Waals surface area contributed by atoms with Crippen molar-refractivity contribution in [2.45, 2.75) is 13.3 Å².